The molecular weight excluding hydrogens is 487 g/mol. The molecule has 1 unspecified atom stereocenters. The molecule has 0 saturated carbocycles. The highest BCUT2D eigenvalue weighted by Crippen LogP contribution is 2.42. The first-order valence-corrected chi connectivity index (χ1v) is 10.7. The number of alkyl halides is 3. The summed E-state index contributed by atoms with van der Waals surface area (Å²) in [5, 5.41) is 11.2. The molecule has 1 atom stereocenters. The SMILES string of the molecule is COc1ccc(Cl)c(/C(O)=C2/C(=O)C(=O)N(Cc3cccc(C(F)(F)F)c3)C2c2ccc(C)o2)c1. The zero-order valence-corrected chi connectivity index (χ0v) is 19.3. The Balaban J connectivity index is 1.85. The fourth-order valence-corrected chi connectivity index (χ4v) is 4.15. The summed E-state index contributed by atoms with van der Waals surface area (Å²) in [5.41, 5.74) is -0.989. The average molecular weight is 506 g/mol. The number of hydrogen-bond acceptors (Lipinski definition) is 5. The van der Waals surface area contributed by atoms with Crippen LogP contribution in [0, 0.1) is 6.92 Å². The molecule has 2 heterocycles. The number of nitrogens with zero attached hydrogens (tertiary/aromatic N) is 1. The first-order valence-electron chi connectivity index (χ1n) is 10.4. The molecule has 1 saturated heterocycles. The van der Waals surface area contributed by atoms with Crippen molar-refractivity contribution < 1.29 is 37.0 Å². The third kappa shape index (κ3) is 4.64. The minimum absolute atomic E-state index is 0.0522. The largest absolute Gasteiger partial charge is 0.507 e. The third-order valence-corrected chi connectivity index (χ3v) is 5.94. The lowest BCUT2D eigenvalue weighted by Gasteiger charge is -2.24. The second-order valence-corrected chi connectivity index (χ2v) is 8.33. The lowest BCUT2D eigenvalue weighted by atomic mass is 9.99. The van der Waals surface area contributed by atoms with Crippen molar-refractivity contribution in [2.45, 2.75) is 25.7 Å². The molecule has 4 rings (SSSR count). The molecule has 1 aliphatic heterocycles. The van der Waals surface area contributed by atoms with Crippen molar-refractivity contribution in [2.75, 3.05) is 7.11 Å². The number of amides is 1. The number of aliphatic hydroxyl groups is 1. The predicted octanol–water partition coefficient (Wildman–Crippen LogP) is 5.89. The van der Waals surface area contributed by atoms with Gasteiger partial charge in [-0.25, -0.2) is 0 Å². The summed E-state index contributed by atoms with van der Waals surface area (Å²) in [6.45, 7) is 1.32. The van der Waals surface area contributed by atoms with E-state index in [1.807, 2.05) is 0 Å². The Morgan fingerprint density at radius 1 is 1.14 bits per heavy atom. The number of hydrogen-bond donors (Lipinski definition) is 1. The van der Waals surface area contributed by atoms with Gasteiger partial charge in [0, 0.05) is 12.1 Å². The van der Waals surface area contributed by atoms with Crippen molar-refractivity contribution in [3.63, 3.8) is 0 Å². The number of aliphatic hydroxyl groups excluding tert-OH is 1. The normalized spacial score (nSPS) is 17.8. The number of likely N-dealkylation sites (tertiary alicyclic amines) is 1. The summed E-state index contributed by atoms with van der Waals surface area (Å²) in [7, 11) is 1.41. The average Bonchev–Trinajstić information content (AvgIpc) is 3.35. The van der Waals surface area contributed by atoms with E-state index < -0.39 is 35.2 Å². The quantitative estimate of drug-likeness (QED) is 0.266. The maximum atomic E-state index is 13.2. The molecule has 2 aromatic carbocycles. The number of carbonyl (C=O) groups excluding carboxylic acids is 2. The van der Waals surface area contributed by atoms with Gasteiger partial charge in [0.25, 0.3) is 11.7 Å². The van der Waals surface area contributed by atoms with Gasteiger partial charge >= 0.3 is 6.18 Å². The highest BCUT2D eigenvalue weighted by molar-refractivity contribution is 6.46. The van der Waals surface area contributed by atoms with Gasteiger partial charge in [-0.15, -0.1) is 0 Å². The van der Waals surface area contributed by atoms with Crippen LogP contribution in [0.2, 0.25) is 5.02 Å². The molecule has 35 heavy (non-hydrogen) atoms. The maximum Gasteiger partial charge on any atom is 0.416 e. The van der Waals surface area contributed by atoms with E-state index in [4.69, 9.17) is 20.8 Å². The Bertz CT molecular complexity index is 1340. The molecule has 1 N–H and O–H groups in total. The molecule has 1 aliphatic rings. The number of methoxy groups -OCH3 is 1. The van der Waals surface area contributed by atoms with Crippen molar-refractivity contribution in [2.24, 2.45) is 0 Å². The Morgan fingerprint density at radius 2 is 1.89 bits per heavy atom. The highest BCUT2D eigenvalue weighted by Gasteiger charge is 2.48. The number of ketones is 1. The van der Waals surface area contributed by atoms with Crippen LogP contribution in [0.3, 0.4) is 0 Å². The molecule has 1 fully saturated rings. The van der Waals surface area contributed by atoms with Gasteiger partial charge in [0.15, 0.2) is 0 Å². The summed E-state index contributed by atoms with van der Waals surface area (Å²) in [4.78, 5) is 27.2. The van der Waals surface area contributed by atoms with Gasteiger partial charge in [-0.1, -0.05) is 23.7 Å². The Morgan fingerprint density at radius 3 is 2.51 bits per heavy atom. The summed E-state index contributed by atoms with van der Waals surface area (Å²) >= 11 is 6.25. The molecule has 10 heteroatoms. The molecule has 1 aromatic heterocycles. The lowest BCUT2D eigenvalue weighted by Crippen LogP contribution is -2.29. The monoisotopic (exact) mass is 505 g/mol. The number of halogens is 4. The van der Waals surface area contributed by atoms with Crippen LogP contribution >= 0.6 is 11.6 Å². The topological polar surface area (TPSA) is 80.0 Å². The molecule has 0 aliphatic carbocycles. The molecule has 182 valence electrons. The van der Waals surface area contributed by atoms with Gasteiger partial charge in [0.1, 0.15) is 29.1 Å². The van der Waals surface area contributed by atoms with Crippen LogP contribution in [0.1, 0.15) is 34.3 Å². The summed E-state index contributed by atoms with van der Waals surface area (Å²) in [6, 6.07) is 10.8. The zero-order chi connectivity index (χ0) is 25.5. The van der Waals surface area contributed by atoms with Crippen molar-refractivity contribution in [1.82, 2.24) is 4.90 Å². The second-order valence-electron chi connectivity index (χ2n) is 7.92. The van der Waals surface area contributed by atoms with Crippen LogP contribution in [0.4, 0.5) is 13.2 Å². The van der Waals surface area contributed by atoms with Crippen LogP contribution in [0.15, 0.2) is 64.6 Å². The highest BCUT2D eigenvalue weighted by atomic mass is 35.5. The van der Waals surface area contributed by atoms with Crippen molar-refractivity contribution >= 4 is 29.1 Å². The number of rotatable bonds is 5. The third-order valence-electron chi connectivity index (χ3n) is 5.61. The van der Waals surface area contributed by atoms with E-state index in [0.717, 1.165) is 17.0 Å². The second kappa shape index (κ2) is 9.14. The van der Waals surface area contributed by atoms with Crippen LogP contribution < -0.4 is 4.74 Å². The van der Waals surface area contributed by atoms with Crippen LogP contribution in [-0.2, 0) is 22.3 Å². The number of Topliss-reactive ketones (excluding diaryl/α,β-unsaturated/α-hetero) is 1. The summed E-state index contributed by atoms with van der Waals surface area (Å²) < 4.78 is 50.5. The molecular formula is C25H19ClF3NO5. The van der Waals surface area contributed by atoms with Gasteiger partial charge in [-0.2, -0.15) is 13.2 Å². The first kappa shape index (κ1) is 24.4. The Kier molecular flexibility index (Phi) is 6.38. The molecule has 3 aromatic rings. The van der Waals surface area contributed by atoms with Crippen molar-refractivity contribution in [1.29, 1.82) is 0 Å². The smallest absolute Gasteiger partial charge is 0.416 e. The van der Waals surface area contributed by atoms with Gasteiger partial charge in [-0.05, 0) is 55.0 Å². The van der Waals surface area contributed by atoms with Gasteiger partial charge in [-0.3, -0.25) is 9.59 Å². The zero-order valence-electron chi connectivity index (χ0n) is 18.5. The van der Waals surface area contributed by atoms with E-state index in [-0.39, 0.29) is 34.0 Å². The van der Waals surface area contributed by atoms with Gasteiger partial charge in [0.05, 0.1) is 23.3 Å². The predicted molar refractivity (Wildman–Crippen MR) is 121 cm³/mol. The van der Waals surface area contributed by atoms with Gasteiger partial charge < -0.3 is 19.2 Å². The van der Waals surface area contributed by atoms with E-state index >= 15 is 0 Å². The standard InChI is InChI=1S/C25H19ClF3NO5/c1-13-6-9-19(35-13)21-20(22(31)17-11-16(34-2)7-8-18(17)26)23(32)24(33)30(21)12-14-4-3-5-15(10-14)25(27,28)29/h3-11,21,31H,12H2,1-2H3/b22-20-. The minimum atomic E-state index is -4.58. The number of aryl methyl sites for hydroxylation is 1. The molecule has 0 spiro atoms. The number of benzene rings is 2. The van der Waals surface area contributed by atoms with Crippen LogP contribution in [0.25, 0.3) is 5.76 Å². The maximum absolute atomic E-state index is 13.2. The van der Waals surface area contributed by atoms with E-state index in [2.05, 4.69) is 0 Å². The molecule has 6 nitrogen and oxygen atoms in total. The first-order chi connectivity index (χ1) is 16.5. The minimum Gasteiger partial charge on any atom is -0.507 e. The fraction of sp³-hybridized carbons (Fsp3) is 0.200. The Hall–Kier alpha value is -3.72. The lowest BCUT2D eigenvalue weighted by molar-refractivity contribution is -0.140. The Labute approximate surface area is 203 Å². The molecule has 0 radical (unpaired) electrons. The van der Waals surface area contributed by atoms with Crippen molar-refractivity contribution in [3.05, 3.63) is 93.4 Å². The van der Waals surface area contributed by atoms with Crippen LogP contribution in [0.5, 0.6) is 5.75 Å². The van der Waals surface area contributed by atoms with Crippen LogP contribution in [-0.4, -0.2) is 28.8 Å². The van der Waals surface area contributed by atoms with E-state index in [0.29, 0.717) is 11.5 Å². The summed E-state index contributed by atoms with van der Waals surface area (Å²) in [5.74, 6) is -1.59. The van der Waals surface area contributed by atoms with Gasteiger partial charge in [0.2, 0.25) is 0 Å². The summed E-state index contributed by atoms with van der Waals surface area (Å²) in [6.07, 6.45) is -4.58. The van der Waals surface area contributed by atoms with Crippen molar-refractivity contribution in [3.8, 4) is 5.75 Å². The van der Waals surface area contributed by atoms with E-state index in [9.17, 15) is 27.9 Å². The van der Waals surface area contributed by atoms with E-state index in [1.54, 1.807) is 19.1 Å². The number of ether oxygens (including phenoxy) is 1. The number of carbonyl (C=O) groups is 2. The number of furan rings is 1. The fourth-order valence-electron chi connectivity index (χ4n) is 3.94. The molecule has 0 bridgehead atoms. The van der Waals surface area contributed by atoms with E-state index in [1.165, 1.54) is 37.4 Å². The molecule has 1 amide bonds.